The summed E-state index contributed by atoms with van der Waals surface area (Å²) in [4.78, 5) is 26.2. The van der Waals surface area contributed by atoms with E-state index in [1.54, 1.807) is 41.0 Å². The highest BCUT2D eigenvalue weighted by molar-refractivity contribution is 7.90. The van der Waals surface area contributed by atoms with Crippen LogP contribution in [0.15, 0.2) is 70.6 Å². The number of nitrogens with zero attached hydrogens (tertiary/aromatic N) is 5. The molecule has 3 aromatic rings. The monoisotopic (exact) mass is 853 g/mol. The minimum absolute atomic E-state index is 0.0249. The van der Waals surface area contributed by atoms with Crippen molar-refractivity contribution in [2.45, 2.75) is 43.2 Å². The van der Waals surface area contributed by atoms with Crippen LogP contribution in [0.4, 0.5) is 4.79 Å². The summed E-state index contributed by atoms with van der Waals surface area (Å²) >= 11 is 19.6. The van der Waals surface area contributed by atoms with E-state index in [4.69, 9.17) is 49.3 Å². The number of hydrogen-bond acceptors (Lipinski definition) is 9. The number of morpholine rings is 1. The maximum absolute atomic E-state index is 15.3. The summed E-state index contributed by atoms with van der Waals surface area (Å²) in [5.41, 5.74) is -0.629. The number of carbonyl (C=O) groups is 1. The van der Waals surface area contributed by atoms with Crippen LogP contribution in [0.3, 0.4) is 0 Å². The van der Waals surface area contributed by atoms with E-state index in [1.807, 2.05) is 38.1 Å². The van der Waals surface area contributed by atoms with Crippen molar-refractivity contribution in [3.8, 4) is 5.75 Å². The highest BCUT2D eigenvalue weighted by Crippen LogP contribution is 2.54. The van der Waals surface area contributed by atoms with Gasteiger partial charge in [0.15, 0.2) is 0 Å². The molecule has 2 fully saturated rings. The van der Waals surface area contributed by atoms with Crippen LogP contribution in [0, 0.1) is 0 Å². The van der Waals surface area contributed by atoms with Crippen LogP contribution in [-0.4, -0.2) is 125 Å². The van der Waals surface area contributed by atoms with Crippen molar-refractivity contribution in [2.24, 2.45) is 4.99 Å². The standard InChI is InChI=1S/C38H46Cl3N5O7S2/c1-5-53-33-26-32(41)34(55(50,51)45-20-22-52-23-21-45)25-31(33)35-42-37(2,27-7-11-29(39)12-8-27)38(3,28-9-13-30(40)14-10-28)46(35)36(47)44-18-16-43(17-19-44)15-6-24-54(4,48)49/h7-14,25-26H,5-6,15-24H2,1-4H3/t37-,38+/m0/s1. The van der Waals surface area contributed by atoms with Crippen LogP contribution < -0.4 is 4.74 Å². The molecule has 6 rings (SSSR count). The number of ether oxygens (including phenoxy) is 2. The van der Waals surface area contributed by atoms with Crippen molar-refractivity contribution in [1.82, 2.24) is 19.0 Å². The molecule has 0 saturated carbocycles. The van der Waals surface area contributed by atoms with Gasteiger partial charge in [-0.3, -0.25) is 14.8 Å². The minimum Gasteiger partial charge on any atom is -0.493 e. The second-order valence-electron chi connectivity index (χ2n) is 14.3. The molecule has 0 aliphatic carbocycles. The summed E-state index contributed by atoms with van der Waals surface area (Å²) in [6.07, 6.45) is 1.73. The van der Waals surface area contributed by atoms with Gasteiger partial charge in [-0.1, -0.05) is 59.1 Å². The predicted octanol–water partition coefficient (Wildman–Crippen LogP) is 6.13. The number of rotatable bonds is 11. The number of piperazine rings is 1. The molecule has 0 unspecified atom stereocenters. The van der Waals surface area contributed by atoms with Gasteiger partial charge in [0.25, 0.3) is 0 Å². The molecular weight excluding hydrogens is 809 g/mol. The Hall–Kier alpha value is -2.95. The van der Waals surface area contributed by atoms with Crippen LogP contribution in [0.1, 0.15) is 43.9 Å². The Morgan fingerprint density at radius 2 is 1.44 bits per heavy atom. The highest BCUT2D eigenvalue weighted by Gasteiger charge is 2.60. The second kappa shape index (κ2) is 16.5. The minimum atomic E-state index is -4.10. The van der Waals surface area contributed by atoms with Crippen LogP contribution >= 0.6 is 34.8 Å². The van der Waals surface area contributed by atoms with E-state index in [9.17, 15) is 16.8 Å². The molecule has 0 aromatic heterocycles. The van der Waals surface area contributed by atoms with Gasteiger partial charge in [0.05, 0.1) is 36.2 Å². The van der Waals surface area contributed by atoms with Gasteiger partial charge in [-0.15, -0.1) is 0 Å². The molecule has 3 aliphatic heterocycles. The largest absolute Gasteiger partial charge is 0.493 e. The van der Waals surface area contributed by atoms with Gasteiger partial charge in [0, 0.05) is 61.6 Å². The lowest BCUT2D eigenvalue weighted by molar-refractivity contribution is 0.0730. The lowest BCUT2D eigenvalue weighted by Gasteiger charge is -2.47. The van der Waals surface area contributed by atoms with Gasteiger partial charge in [0.2, 0.25) is 10.0 Å². The molecule has 3 heterocycles. The summed E-state index contributed by atoms with van der Waals surface area (Å²) in [7, 11) is -7.20. The molecule has 55 heavy (non-hydrogen) atoms. The van der Waals surface area contributed by atoms with Crippen LogP contribution in [0.25, 0.3) is 0 Å². The van der Waals surface area contributed by atoms with E-state index in [0.29, 0.717) is 49.2 Å². The van der Waals surface area contributed by atoms with E-state index in [1.165, 1.54) is 22.7 Å². The summed E-state index contributed by atoms with van der Waals surface area (Å²) in [6.45, 7) is 9.14. The molecule has 12 nitrogen and oxygen atoms in total. The van der Waals surface area contributed by atoms with E-state index in [2.05, 4.69) is 4.90 Å². The molecule has 2 saturated heterocycles. The molecule has 0 spiro atoms. The molecule has 0 N–H and O–H groups in total. The number of carbonyl (C=O) groups excluding carboxylic acids is 1. The maximum Gasteiger partial charge on any atom is 0.326 e. The average molecular weight is 855 g/mol. The van der Waals surface area contributed by atoms with Crippen molar-refractivity contribution in [3.63, 3.8) is 0 Å². The third kappa shape index (κ3) is 8.38. The first-order valence-electron chi connectivity index (χ1n) is 18.2. The van der Waals surface area contributed by atoms with E-state index in [-0.39, 0.29) is 71.8 Å². The number of hydrogen-bond donors (Lipinski definition) is 0. The van der Waals surface area contributed by atoms with E-state index < -0.39 is 30.9 Å². The number of amidine groups is 1. The van der Waals surface area contributed by atoms with Crippen molar-refractivity contribution < 1.29 is 31.1 Å². The molecule has 17 heteroatoms. The predicted molar refractivity (Wildman–Crippen MR) is 216 cm³/mol. The Morgan fingerprint density at radius 3 is 2.00 bits per heavy atom. The highest BCUT2D eigenvalue weighted by atomic mass is 35.5. The van der Waals surface area contributed by atoms with Gasteiger partial charge in [-0.2, -0.15) is 4.31 Å². The fourth-order valence-corrected chi connectivity index (χ4v) is 10.4. The first kappa shape index (κ1) is 41.7. The molecule has 2 amide bonds. The molecule has 298 valence electrons. The first-order chi connectivity index (χ1) is 26.0. The normalized spacial score (nSPS) is 22.9. The SMILES string of the molecule is CCOc1cc(Cl)c(S(=O)(=O)N2CCOCC2)cc1C1=N[C@@](C)(c2ccc(Cl)cc2)[C@@](C)(c2ccc(Cl)cc2)N1C(=O)N1CCN(CCCS(C)(=O)=O)CC1. The number of benzene rings is 3. The zero-order valence-electron chi connectivity index (χ0n) is 31.3. The zero-order valence-corrected chi connectivity index (χ0v) is 35.2. The average Bonchev–Trinajstić information content (AvgIpc) is 3.39. The number of sulfone groups is 1. The third-order valence-corrected chi connectivity index (χ3v) is 14.6. The summed E-state index contributed by atoms with van der Waals surface area (Å²) in [5, 5.41) is 1.02. The quantitative estimate of drug-likeness (QED) is 0.226. The van der Waals surface area contributed by atoms with Gasteiger partial charge < -0.3 is 14.4 Å². The Labute approximate surface area is 338 Å². The van der Waals surface area contributed by atoms with Crippen LogP contribution in [0.5, 0.6) is 5.75 Å². The van der Waals surface area contributed by atoms with Gasteiger partial charge in [-0.25, -0.2) is 21.6 Å². The molecule has 0 bridgehead atoms. The first-order valence-corrected chi connectivity index (χ1v) is 22.8. The topological polar surface area (TPSA) is 129 Å². The van der Waals surface area contributed by atoms with E-state index in [0.717, 1.165) is 11.1 Å². The zero-order chi connectivity index (χ0) is 39.8. The van der Waals surface area contributed by atoms with Crippen molar-refractivity contribution in [3.05, 3.63) is 92.4 Å². The van der Waals surface area contributed by atoms with Crippen molar-refractivity contribution in [1.29, 1.82) is 0 Å². The summed E-state index contributed by atoms with van der Waals surface area (Å²) in [6, 6.07) is 17.2. The second-order valence-corrected chi connectivity index (χ2v) is 19.7. The molecular formula is C38H46Cl3N5O7S2. The summed E-state index contributed by atoms with van der Waals surface area (Å²) < 4.78 is 64.8. The molecule has 2 atom stereocenters. The fourth-order valence-electron chi connectivity index (χ4n) is 7.53. The number of halogens is 3. The number of urea groups is 1. The van der Waals surface area contributed by atoms with Gasteiger partial charge in [-0.05, 0) is 75.2 Å². The van der Waals surface area contributed by atoms with E-state index >= 15 is 4.79 Å². The number of sulfonamides is 1. The van der Waals surface area contributed by atoms with Crippen molar-refractivity contribution in [2.75, 3.05) is 77.6 Å². The lowest BCUT2D eigenvalue weighted by Crippen LogP contribution is -2.60. The molecule has 0 radical (unpaired) electrons. The Morgan fingerprint density at radius 1 is 0.855 bits per heavy atom. The van der Waals surface area contributed by atoms with Crippen LogP contribution in [-0.2, 0) is 35.7 Å². The number of aliphatic imine (C=N–C) groups is 1. The number of amides is 2. The Balaban J connectivity index is 1.53. The van der Waals surface area contributed by atoms with Gasteiger partial charge in [0.1, 0.15) is 37.4 Å². The Bertz CT molecular complexity index is 2140. The summed E-state index contributed by atoms with van der Waals surface area (Å²) in [5.74, 6) is 0.558. The molecule has 3 aliphatic rings. The fraction of sp³-hybridized carbons (Fsp3) is 0.474. The smallest absolute Gasteiger partial charge is 0.326 e. The van der Waals surface area contributed by atoms with Crippen molar-refractivity contribution >= 4 is 66.5 Å². The Kier molecular flexibility index (Phi) is 12.5. The maximum atomic E-state index is 15.3. The van der Waals surface area contributed by atoms with Crippen LogP contribution in [0.2, 0.25) is 15.1 Å². The third-order valence-electron chi connectivity index (χ3n) is 10.7. The molecule has 3 aromatic carbocycles. The van der Waals surface area contributed by atoms with Gasteiger partial charge >= 0.3 is 6.03 Å². The lowest BCUT2D eigenvalue weighted by atomic mass is 9.71.